The van der Waals surface area contributed by atoms with Crippen molar-refractivity contribution in [3.8, 4) is 0 Å². The zero-order valence-corrected chi connectivity index (χ0v) is 26.5. The van der Waals surface area contributed by atoms with Gasteiger partial charge in [-0.25, -0.2) is 4.79 Å². The molecule has 0 saturated carbocycles. The molecule has 10 nitrogen and oxygen atoms in total. The highest BCUT2D eigenvalue weighted by Crippen LogP contribution is 2.57. The van der Waals surface area contributed by atoms with Crippen LogP contribution in [0.25, 0.3) is 16.6 Å². The number of carbonyl (C=O) groups excluding carboxylic acids is 2. The summed E-state index contributed by atoms with van der Waals surface area (Å²) >= 11 is 0. The molecule has 1 aromatic carbocycles. The van der Waals surface area contributed by atoms with Gasteiger partial charge in [0.15, 0.2) is 0 Å². The molecule has 4 atom stereocenters. The van der Waals surface area contributed by atoms with Crippen LogP contribution in [0.1, 0.15) is 63.8 Å². The third kappa shape index (κ3) is 6.60. The summed E-state index contributed by atoms with van der Waals surface area (Å²) in [5, 5.41) is 13.0. The van der Waals surface area contributed by atoms with Gasteiger partial charge >= 0.3 is 5.97 Å². The molecule has 1 unspecified atom stereocenters. The number of para-hydroxylation sites is 1. The smallest absolute Gasteiger partial charge is 0.329 e. The van der Waals surface area contributed by atoms with Crippen molar-refractivity contribution < 1.29 is 33.6 Å². The number of rotatable bonds is 17. The molecule has 3 aliphatic rings. The number of aliphatic hydroxyl groups excluding tert-OH is 1. The Labute approximate surface area is 260 Å². The highest BCUT2D eigenvalue weighted by Gasteiger charge is 2.51. The topological polar surface area (TPSA) is 111 Å². The number of aromatic nitrogens is 1. The summed E-state index contributed by atoms with van der Waals surface area (Å²) in [7, 11) is 0. The van der Waals surface area contributed by atoms with Crippen molar-refractivity contribution in [1.29, 1.82) is 0 Å². The summed E-state index contributed by atoms with van der Waals surface area (Å²) in [5.41, 5.74) is 4.17. The summed E-state index contributed by atoms with van der Waals surface area (Å²) in [4.78, 5) is 30.2. The first-order valence-electron chi connectivity index (χ1n) is 16.4. The Balaban J connectivity index is 1.27. The van der Waals surface area contributed by atoms with E-state index in [1.807, 2.05) is 19.9 Å². The minimum atomic E-state index is -0.772. The lowest BCUT2D eigenvalue weighted by Gasteiger charge is -2.53. The number of fused-ring (bicyclic) bond motifs is 3. The summed E-state index contributed by atoms with van der Waals surface area (Å²) < 4.78 is 23.9. The quantitative estimate of drug-likeness (QED) is 0.206. The van der Waals surface area contributed by atoms with Crippen molar-refractivity contribution >= 4 is 28.5 Å². The van der Waals surface area contributed by atoms with E-state index in [2.05, 4.69) is 46.0 Å². The van der Waals surface area contributed by atoms with E-state index in [9.17, 15) is 9.59 Å². The molecule has 5 rings (SSSR count). The third-order valence-electron chi connectivity index (χ3n) is 9.69. The average Bonchev–Trinajstić information content (AvgIpc) is 3.39. The molecule has 2 aromatic rings. The van der Waals surface area contributed by atoms with E-state index in [1.54, 1.807) is 0 Å². The van der Waals surface area contributed by atoms with Gasteiger partial charge in [-0.15, -0.1) is 0 Å². The zero-order chi connectivity index (χ0) is 31.1. The van der Waals surface area contributed by atoms with E-state index in [0.717, 1.165) is 44.3 Å². The van der Waals surface area contributed by atoms with Gasteiger partial charge in [-0.05, 0) is 55.9 Å². The van der Waals surface area contributed by atoms with Crippen LogP contribution in [0.2, 0.25) is 0 Å². The number of nitrogens with zero attached hydrogens (tertiary/aromatic N) is 2. The number of hydrogen-bond acceptors (Lipinski definition) is 8. The molecule has 4 heterocycles. The summed E-state index contributed by atoms with van der Waals surface area (Å²) in [6, 6.07) is 7.89. The van der Waals surface area contributed by atoms with Crippen molar-refractivity contribution in [3.05, 3.63) is 41.6 Å². The Kier molecular flexibility index (Phi) is 11.1. The van der Waals surface area contributed by atoms with Crippen molar-refractivity contribution in [2.75, 3.05) is 65.9 Å². The molecule has 3 aliphatic heterocycles. The predicted octanol–water partition coefficient (Wildman–Crippen LogP) is 3.70. The molecule has 0 radical (unpaired) electrons. The fourth-order valence-corrected chi connectivity index (χ4v) is 7.23. The van der Waals surface area contributed by atoms with Crippen LogP contribution in [0, 0.1) is 11.3 Å². The standard InChI is InChI=1S/C34H49N3O7/c1-4-24(3)29(33(40)44-22-21-43-20-19-42-18-17-41-16-15-38)35-32(39)28-23-34(5-2)12-8-13-36-14-11-26-25-9-6-7-10-27(25)37(28)30(26)31(34)36/h6-7,9-10,23-24,29,31,38H,4-5,8,11-22H2,1-3H3,(H,35,39)/t24?,29-,31+,34-/m0/s1. The number of esters is 1. The number of aliphatic hydroxyl groups is 1. The molecular formula is C34H49N3O7. The number of hydrogen-bond donors (Lipinski definition) is 2. The Hall–Kier alpha value is -2.76. The second-order valence-electron chi connectivity index (χ2n) is 12.2. The SMILES string of the molecule is CCC(C)[C@H](NC(=O)C1=C[C@]2(CC)CCCN3CCc4c(n1c1ccccc41)[C@@H]32)C(=O)OCCOCCOCCOCCO. The molecule has 1 amide bonds. The van der Waals surface area contributed by atoms with Crippen LogP contribution in [0.5, 0.6) is 0 Å². The Bertz CT molecular complexity index is 1320. The molecule has 10 heteroatoms. The van der Waals surface area contributed by atoms with E-state index < -0.39 is 12.0 Å². The Morgan fingerprint density at radius 2 is 1.73 bits per heavy atom. The van der Waals surface area contributed by atoms with Crippen molar-refractivity contribution in [2.45, 2.75) is 65.0 Å². The first-order chi connectivity index (χ1) is 21.5. The highest BCUT2D eigenvalue weighted by molar-refractivity contribution is 6.17. The fourth-order valence-electron chi connectivity index (χ4n) is 7.23. The maximum atomic E-state index is 14.3. The second kappa shape index (κ2) is 15.0. The first kappa shape index (κ1) is 32.6. The van der Waals surface area contributed by atoms with Gasteiger partial charge in [0.1, 0.15) is 18.3 Å². The van der Waals surface area contributed by atoms with E-state index in [4.69, 9.17) is 24.1 Å². The number of ether oxygens (including phenoxy) is 4. The van der Waals surface area contributed by atoms with Gasteiger partial charge in [0, 0.05) is 23.0 Å². The van der Waals surface area contributed by atoms with Gasteiger partial charge in [-0.2, -0.15) is 0 Å². The lowest BCUT2D eigenvalue weighted by Crippen LogP contribution is -2.52. The van der Waals surface area contributed by atoms with Crippen LogP contribution in [0.15, 0.2) is 30.3 Å². The largest absolute Gasteiger partial charge is 0.462 e. The van der Waals surface area contributed by atoms with Crippen LogP contribution in [0.3, 0.4) is 0 Å². The first-order valence-corrected chi connectivity index (χ1v) is 16.4. The maximum absolute atomic E-state index is 14.3. The van der Waals surface area contributed by atoms with Crippen LogP contribution in [0.4, 0.5) is 0 Å². The van der Waals surface area contributed by atoms with Crippen molar-refractivity contribution in [2.24, 2.45) is 11.3 Å². The van der Waals surface area contributed by atoms with E-state index in [0.29, 0.717) is 45.2 Å². The minimum absolute atomic E-state index is 0.00775. The van der Waals surface area contributed by atoms with Gasteiger partial charge in [0.05, 0.1) is 57.8 Å². The van der Waals surface area contributed by atoms with Crippen molar-refractivity contribution in [3.63, 3.8) is 0 Å². The fraction of sp³-hybridized carbons (Fsp3) is 0.647. The van der Waals surface area contributed by atoms with E-state index in [-0.39, 0.29) is 43.1 Å². The van der Waals surface area contributed by atoms with Gasteiger partial charge in [-0.3, -0.25) is 9.69 Å². The molecule has 1 saturated heterocycles. The third-order valence-corrected chi connectivity index (χ3v) is 9.69. The van der Waals surface area contributed by atoms with Crippen LogP contribution >= 0.6 is 0 Å². The molecular weight excluding hydrogens is 562 g/mol. The van der Waals surface area contributed by atoms with Crippen LogP contribution in [-0.2, 0) is 35.0 Å². The van der Waals surface area contributed by atoms with Crippen LogP contribution in [-0.4, -0.2) is 98.4 Å². The number of amides is 1. The molecule has 0 aliphatic carbocycles. The normalized spacial score (nSPS) is 22.3. The summed E-state index contributed by atoms with van der Waals surface area (Å²) in [6.45, 7) is 10.6. The Morgan fingerprint density at radius 3 is 2.43 bits per heavy atom. The molecule has 0 bridgehead atoms. The monoisotopic (exact) mass is 611 g/mol. The summed E-state index contributed by atoms with van der Waals surface area (Å²) in [6.07, 6.45) is 7.02. The second-order valence-corrected chi connectivity index (χ2v) is 12.2. The van der Waals surface area contributed by atoms with Gasteiger partial charge in [0.2, 0.25) is 0 Å². The lowest BCUT2D eigenvalue weighted by atomic mass is 9.66. The lowest BCUT2D eigenvalue weighted by molar-refractivity contribution is -0.150. The van der Waals surface area contributed by atoms with E-state index >= 15 is 0 Å². The minimum Gasteiger partial charge on any atom is -0.462 e. The molecule has 44 heavy (non-hydrogen) atoms. The number of nitrogens with one attached hydrogen (secondary N) is 1. The zero-order valence-electron chi connectivity index (χ0n) is 26.5. The average molecular weight is 612 g/mol. The predicted molar refractivity (Wildman–Crippen MR) is 168 cm³/mol. The van der Waals surface area contributed by atoms with Gasteiger partial charge in [-0.1, -0.05) is 45.4 Å². The molecule has 2 N–H and O–H groups in total. The van der Waals surface area contributed by atoms with Crippen molar-refractivity contribution in [1.82, 2.24) is 14.8 Å². The van der Waals surface area contributed by atoms with E-state index in [1.165, 1.54) is 16.6 Å². The number of carbonyl (C=O) groups is 2. The molecule has 1 aromatic heterocycles. The molecule has 0 spiro atoms. The molecule has 1 fully saturated rings. The van der Waals surface area contributed by atoms with Gasteiger partial charge < -0.3 is 33.9 Å². The summed E-state index contributed by atoms with van der Waals surface area (Å²) in [5.74, 6) is -0.788. The number of piperidine rings is 1. The molecule has 242 valence electrons. The maximum Gasteiger partial charge on any atom is 0.329 e. The Morgan fingerprint density at radius 1 is 1.02 bits per heavy atom. The number of benzene rings is 1. The highest BCUT2D eigenvalue weighted by atomic mass is 16.6. The van der Waals surface area contributed by atoms with Gasteiger partial charge in [0.25, 0.3) is 5.91 Å². The van der Waals surface area contributed by atoms with Crippen LogP contribution < -0.4 is 5.32 Å².